The molecule has 1 unspecified atom stereocenters. The standard InChI is InChI=1S/C13H17ClN2O2/c1-9(2)18-8-12(17)7-16-11-4-3-10(6-15)13(14)5-11/h3-5,9,12,16-17H,7-8H2,1-2H3. The van der Waals surface area contributed by atoms with Crippen molar-refractivity contribution in [1.82, 2.24) is 0 Å². The molecule has 4 nitrogen and oxygen atoms in total. The third-order valence-electron chi connectivity index (χ3n) is 2.25. The Labute approximate surface area is 112 Å². The van der Waals surface area contributed by atoms with E-state index in [0.29, 0.717) is 17.1 Å². The quantitative estimate of drug-likeness (QED) is 0.832. The van der Waals surface area contributed by atoms with E-state index in [1.807, 2.05) is 19.9 Å². The van der Waals surface area contributed by atoms with Crippen LogP contribution < -0.4 is 5.32 Å². The van der Waals surface area contributed by atoms with Gasteiger partial charge in [-0.1, -0.05) is 11.6 Å². The van der Waals surface area contributed by atoms with E-state index in [0.717, 1.165) is 5.69 Å². The van der Waals surface area contributed by atoms with Gasteiger partial charge in [0.2, 0.25) is 0 Å². The SMILES string of the molecule is CC(C)OCC(O)CNc1ccc(C#N)c(Cl)c1. The van der Waals surface area contributed by atoms with Crippen LogP contribution in [-0.2, 0) is 4.74 Å². The first-order chi connectivity index (χ1) is 8.52. The van der Waals surface area contributed by atoms with Gasteiger partial charge in [-0.2, -0.15) is 5.26 Å². The maximum Gasteiger partial charge on any atom is 0.101 e. The maximum absolute atomic E-state index is 9.66. The van der Waals surface area contributed by atoms with E-state index in [1.165, 1.54) is 0 Å². The molecule has 0 aliphatic carbocycles. The van der Waals surface area contributed by atoms with Gasteiger partial charge in [-0.05, 0) is 32.0 Å². The monoisotopic (exact) mass is 268 g/mol. The van der Waals surface area contributed by atoms with E-state index < -0.39 is 6.10 Å². The van der Waals surface area contributed by atoms with Crippen molar-refractivity contribution in [2.75, 3.05) is 18.5 Å². The van der Waals surface area contributed by atoms with E-state index in [9.17, 15) is 5.11 Å². The number of hydrogen-bond acceptors (Lipinski definition) is 4. The van der Waals surface area contributed by atoms with Gasteiger partial charge >= 0.3 is 0 Å². The molecule has 0 saturated carbocycles. The molecule has 18 heavy (non-hydrogen) atoms. The van der Waals surface area contributed by atoms with Gasteiger partial charge in [0.25, 0.3) is 0 Å². The Morgan fingerprint density at radius 3 is 2.78 bits per heavy atom. The normalized spacial score (nSPS) is 12.2. The van der Waals surface area contributed by atoms with E-state index in [2.05, 4.69) is 5.32 Å². The lowest BCUT2D eigenvalue weighted by Crippen LogP contribution is -2.26. The Hall–Kier alpha value is -1.28. The predicted molar refractivity (Wildman–Crippen MR) is 71.8 cm³/mol. The van der Waals surface area contributed by atoms with Crippen molar-refractivity contribution in [3.63, 3.8) is 0 Å². The van der Waals surface area contributed by atoms with Crippen LogP contribution in [0.3, 0.4) is 0 Å². The fraction of sp³-hybridized carbons (Fsp3) is 0.462. The minimum atomic E-state index is -0.582. The Bertz CT molecular complexity index is 429. The number of nitrogens with zero attached hydrogens (tertiary/aromatic N) is 1. The number of benzene rings is 1. The van der Waals surface area contributed by atoms with Crippen LogP contribution in [0, 0.1) is 11.3 Å². The molecule has 0 amide bonds. The highest BCUT2D eigenvalue weighted by Gasteiger charge is 2.06. The van der Waals surface area contributed by atoms with Crippen molar-refractivity contribution in [1.29, 1.82) is 5.26 Å². The first kappa shape index (κ1) is 14.8. The molecule has 0 bridgehead atoms. The van der Waals surface area contributed by atoms with Gasteiger partial charge in [-0.15, -0.1) is 0 Å². The lowest BCUT2D eigenvalue weighted by Gasteiger charge is -2.15. The molecule has 1 rings (SSSR count). The molecular weight excluding hydrogens is 252 g/mol. The first-order valence-electron chi connectivity index (χ1n) is 5.76. The molecule has 0 saturated heterocycles. The third kappa shape index (κ3) is 4.92. The number of ether oxygens (including phenoxy) is 1. The zero-order valence-corrected chi connectivity index (χ0v) is 11.2. The van der Waals surface area contributed by atoms with Gasteiger partial charge < -0.3 is 15.2 Å². The topological polar surface area (TPSA) is 65.3 Å². The van der Waals surface area contributed by atoms with Gasteiger partial charge in [0.15, 0.2) is 0 Å². The number of aliphatic hydroxyl groups is 1. The largest absolute Gasteiger partial charge is 0.389 e. The van der Waals surface area contributed by atoms with Crippen LogP contribution in [0.15, 0.2) is 18.2 Å². The van der Waals surface area contributed by atoms with E-state index in [-0.39, 0.29) is 12.7 Å². The second kappa shape index (κ2) is 7.22. The summed E-state index contributed by atoms with van der Waals surface area (Å²) in [6.45, 7) is 4.49. The number of nitrogens with one attached hydrogen (secondary N) is 1. The highest BCUT2D eigenvalue weighted by molar-refractivity contribution is 6.32. The first-order valence-corrected chi connectivity index (χ1v) is 6.14. The van der Waals surface area contributed by atoms with Crippen molar-refractivity contribution in [3.05, 3.63) is 28.8 Å². The summed E-state index contributed by atoms with van der Waals surface area (Å²) in [7, 11) is 0. The lowest BCUT2D eigenvalue weighted by atomic mass is 10.2. The number of aliphatic hydroxyl groups excluding tert-OH is 1. The Balaban J connectivity index is 2.44. The van der Waals surface area contributed by atoms with E-state index >= 15 is 0 Å². The molecule has 98 valence electrons. The average Bonchev–Trinajstić information content (AvgIpc) is 2.34. The molecule has 2 N–H and O–H groups in total. The summed E-state index contributed by atoms with van der Waals surface area (Å²) >= 11 is 5.90. The van der Waals surface area contributed by atoms with Crippen LogP contribution in [0.2, 0.25) is 5.02 Å². The smallest absolute Gasteiger partial charge is 0.101 e. The summed E-state index contributed by atoms with van der Waals surface area (Å²) in [5.41, 5.74) is 1.20. The molecule has 0 aromatic heterocycles. The van der Waals surface area contributed by atoms with Crippen LogP contribution >= 0.6 is 11.6 Å². The van der Waals surface area contributed by atoms with Crippen molar-refractivity contribution in [2.45, 2.75) is 26.1 Å². The summed E-state index contributed by atoms with van der Waals surface area (Å²) in [6.07, 6.45) is -0.481. The van der Waals surface area contributed by atoms with Gasteiger partial charge in [0.1, 0.15) is 6.07 Å². The van der Waals surface area contributed by atoms with Gasteiger partial charge in [-0.25, -0.2) is 0 Å². The molecular formula is C13H17ClN2O2. The maximum atomic E-state index is 9.66. The fourth-order valence-electron chi connectivity index (χ4n) is 1.31. The molecule has 5 heteroatoms. The van der Waals surface area contributed by atoms with Crippen LogP contribution in [0.1, 0.15) is 19.4 Å². The zero-order chi connectivity index (χ0) is 13.5. The highest BCUT2D eigenvalue weighted by atomic mass is 35.5. The summed E-state index contributed by atoms with van der Waals surface area (Å²) in [6, 6.07) is 7.04. The van der Waals surface area contributed by atoms with Crippen LogP contribution in [0.25, 0.3) is 0 Å². The molecule has 0 radical (unpaired) electrons. The molecule has 1 atom stereocenters. The number of hydrogen-bond donors (Lipinski definition) is 2. The predicted octanol–water partition coefficient (Wildman–Crippen LogP) is 2.41. The zero-order valence-electron chi connectivity index (χ0n) is 10.5. The minimum Gasteiger partial charge on any atom is -0.389 e. The molecule has 0 fully saturated rings. The van der Waals surface area contributed by atoms with Crippen LogP contribution in [0.5, 0.6) is 0 Å². The van der Waals surface area contributed by atoms with Crippen molar-refractivity contribution < 1.29 is 9.84 Å². The Kier molecular flexibility index (Phi) is 5.93. The van der Waals surface area contributed by atoms with Crippen LogP contribution in [0.4, 0.5) is 5.69 Å². The second-order valence-electron chi connectivity index (χ2n) is 4.22. The third-order valence-corrected chi connectivity index (χ3v) is 2.57. The summed E-state index contributed by atoms with van der Waals surface area (Å²) in [5.74, 6) is 0. The number of halogens is 1. The van der Waals surface area contributed by atoms with Crippen LogP contribution in [-0.4, -0.2) is 30.5 Å². The van der Waals surface area contributed by atoms with Crippen molar-refractivity contribution >= 4 is 17.3 Å². The number of anilines is 1. The molecule has 0 spiro atoms. The summed E-state index contributed by atoms with van der Waals surface area (Å²) < 4.78 is 5.29. The van der Waals surface area contributed by atoms with Crippen molar-refractivity contribution in [3.8, 4) is 6.07 Å². The van der Waals surface area contributed by atoms with E-state index in [4.69, 9.17) is 21.6 Å². The van der Waals surface area contributed by atoms with Gasteiger partial charge in [0.05, 0.1) is 29.4 Å². The second-order valence-corrected chi connectivity index (χ2v) is 4.63. The minimum absolute atomic E-state index is 0.101. The number of rotatable bonds is 6. The molecule has 0 aliphatic rings. The summed E-state index contributed by atoms with van der Waals surface area (Å²) in [5, 5.41) is 21.8. The van der Waals surface area contributed by atoms with Crippen molar-refractivity contribution in [2.24, 2.45) is 0 Å². The Morgan fingerprint density at radius 2 is 2.22 bits per heavy atom. The van der Waals surface area contributed by atoms with Gasteiger partial charge in [-0.3, -0.25) is 0 Å². The Morgan fingerprint density at radius 1 is 1.50 bits per heavy atom. The molecule has 0 aliphatic heterocycles. The fourth-order valence-corrected chi connectivity index (χ4v) is 1.54. The number of nitriles is 1. The van der Waals surface area contributed by atoms with E-state index in [1.54, 1.807) is 18.2 Å². The molecule has 0 heterocycles. The summed E-state index contributed by atoms with van der Waals surface area (Å²) in [4.78, 5) is 0. The molecule has 1 aromatic carbocycles. The molecule has 1 aromatic rings. The van der Waals surface area contributed by atoms with Gasteiger partial charge in [0, 0.05) is 12.2 Å². The highest BCUT2D eigenvalue weighted by Crippen LogP contribution is 2.20. The average molecular weight is 269 g/mol. The lowest BCUT2D eigenvalue weighted by molar-refractivity contribution is 0.0112.